The molecule has 5 nitrogen and oxygen atoms in total. The minimum absolute atomic E-state index is 0.729. The van der Waals surface area contributed by atoms with Gasteiger partial charge in [-0.15, -0.1) is 0 Å². The van der Waals surface area contributed by atoms with Gasteiger partial charge in [0.15, 0.2) is 0 Å². The first kappa shape index (κ1) is 9.08. The van der Waals surface area contributed by atoms with Crippen LogP contribution in [-0.2, 0) is 6.54 Å². The van der Waals surface area contributed by atoms with Crippen molar-refractivity contribution < 1.29 is 5.21 Å². The van der Waals surface area contributed by atoms with Gasteiger partial charge in [0.2, 0.25) is 0 Å². The maximum Gasteiger partial charge on any atom is 0.0726 e. The lowest BCUT2D eigenvalue weighted by Crippen LogP contribution is -2.20. The summed E-state index contributed by atoms with van der Waals surface area (Å²) in [5, 5.41) is 11.8. The van der Waals surface area contributed by atoms with Crippen molar-refractivity contribution in [2.24, 2.45) is 5.16 Å². The average Bonchev–Trinajstić information content (AvgIpc) is 2.67. The Morgan fingerprint density at radius 2 is 2.43 bits per heavy atom. The predicted octanol–water partition coefficient (Wildman–Crippen LogP) is 0.512. The molecule has 0 amide bonds. The van der Waals surface area contributed by atoms with Gasteiger partial charge >= 0.3 is 0 Å². The molecule has 1 fully saturated rings. The fraction of sp³-hybridized carbons (Fsp3) is 0.444. The van der Waals surface area contributed by atoms with Crippen LogP contribution in [0.3, 0.4) is 0 Å². The molecule has 2 rings (SSSR count). The number of nitrogens with zero attached hydrogens (tertiary/aromatic N) is 4. The van der Waals surface area contributed by atoms with Gasteiger partial charge in [0.05, 0.1) is 11.4 Å². The summed E-state index contributed by atoms with van der Waals surface area (Å²) in [5.74, 6) is 0. The molecule has 1 aliphatic heterocycles. The highest BCUT2D eigenvalue weighted by Crippen LogP contribution is 2.08. The molecule has 0 unspecified atom stereocenters. The predicted molar refractivity (Wildman–Crippen MR) is 51.1 cm³/mol. The molecule has 5 heteroatoms. The van der Waals surface area contributed by atoms with E-state index >= 15 is 0 Å². The van der Waals surface area contributed by atoms with E-state index < -0.39 is 0 Å². The smallest absolute Gasteiger partial charge is 0.0726 e. The molecule has 1 aromatic rings. The number of hydrogen-bond acceptors (Lipinski definition) is 5. The maximum absolute atomic E-state index is 8.58. The number of rotatable bonds is 2. The zero-order valence-corrected chi connectivity index (χ0v) is 7.80. The molecule has 0 atom stereocenters. The van der Waals surface area contributed by atoms with Crippen LogP contribution < -0.4 is 0 Å². The van der Waals surface area contributed by atoms with E-state index in [0.717, 1.165) is 37.5 Å². The van der Waals surface area contributed by atoms with Crippen LogP contribution in [0.15, 0.2) is 23.7 Å². The summed E-state index contributed by atoms with van der Waals surface area (Å²) in [7, 11) is 0. The highest BCUT2D eigenvalue weighted by atomic mass is 16.4. The van der Waals surface area contributed by atoms with E-state index in [-0.39, 0.29) is 0 Å². The second-order valence-electron chi connectivity index (χ2n) is 3.32. The molecule has 0 aliphatic carbocycles. The van der Waals surface area contributed by atoms with Crippen molar-refractivity contribution in [1.82, 2.24) is 14.9 Å². The highest BCUT2D eigenvalue weighted by molar-refractivity contribution is 5.87. The van der Waals surface area contributed by atoms with E-state index in [1.165, 1.54) is 0 Å². The summed E-state index contributed by atoms with van der Waals surface area (Å²) in [4.78, 5) is 10.4. The van der Waals surface area contributed by atoms with Crippen molar-refractivity contribution in [2.75, 3.05) is 13.1 Å². The van der Waals surface area contributed by atoms with Gasteiger partial charge in [-0.25, -0.2) is 0 Å². The number of likely N-dealkylation sites (tertiary alicyclic amines) is 1. The quantitative estimate of drug-likeness (QED) is 0.548. The molecule has 0 radical (unpaired) electrons. The molecule has 1 saturated heterocycles. The van der Waals surface area contributed by atoms with Gasteiger partial charge in [-0.2, -0.15) is 0 Å². The number of aromatic nitrogens is 2. The Balaban J connectivity index is 1.94. The van der Waals surface area contributed by atoms with Crippen LogP contribution in [0.4, 0.5) is 0 Å². The van der Waals surface area contributed by atoms with Crippen LogP contribution in [-0.4, -0.2) is 38.9 Å². The summed E-state index contributed by atoms with van der Waals surface area (Å²) in [6, 6.07) is 0. The molecular weight excluding hydrogens is 180 g/mol. The third-order valence-electron chi connectivity index (χ3n) is 2.27. The lowest BCUT2D eigenvalue weighted by molar-refractivity contribution is 0.312. The van der Waals surface area contributed by atoms with Gasteiger partial charge < -0.3 is 5.21 Å². The van der Waals surface area contributed by atoms with Gasteiger partial charge in [-0.05, 0) is 0 Å². The van der Waals surface area contributed by atoms with Gasteiger partial charge in [0, 0.05) is 44.6 Å². The monoisotopic (exact) mass is 192 g/mol. The van der Waals surface area contributed by atoms with Crippen LogP contribution >= 0.6 is 0 Å². The van der Waals surface area contributed by atoms with Crippen LogP contribution in [0.25, 0.3) is 0 Å². The molecular formula is C9H12N4O. The van der Waals surface area contributed by atoms with Crippen LogP contribution in [0.5, 0.6) is 0 Å². The van der Waals surface area contributed by atoms with E-state index in [9.17, 15) is 0 Å². The molecule has 0 saturated carbocycles. The Morgan fingerprint density at radius 1 is 1.50 bits per heavy atom. The first-order valence-electron chi connectivity index (χ1n) is 4.55. The highest BCUT2D eigenvalue weighted by Gasteiger charge is 2.18. The van der Waals surface area contributed by atoms with E-state index in [1.54, 1.807) is 18.6 Å². The third-order valence-corrected chi connectivity index (χ3v) is 2.27. The average molecular weight is 192 g/mol. The van der Waals surface area contributed by atoms with Crippen LogP contribution in [0.2, 0.25) is 0 Å². The molecule has 0 spiro atoms. The Kier molecular flexibility index (Phi) is 2.69. The first-order valence-corrected chi connectivity index (χ1v) is 4.55. The molecule has 0 bridgehead atoms. The fourth-order valence-corrected chi connectivity index (χ4v) is 1.56. The minimum Gasteiger partial charge on any atom is -0.411 e. The number of oxime groups is 1. The summed E-state index contributed by atoms with van der Waals surface area (Å²) >= 11 is 0. The van der Waals surface area contributed by atoms with Crippen LogP contribution in [0.1, 0.15) is 12.1 Å². The molecule has 14 heavy (non-hydrogen) atoms. The fourth-order valence-electron chi connectivity index (χ4n) is 1.56. The zero-order valence-electron chi connectivity index (χ0n) is 7.80. The van der Waals surface area contributed by atoms with Crippen molar-refractivity contribution in [2.45, 2.75) is 13.0 Å². The van der Waals surface area contributed by atoms with Crippen molar-refractivity contribution in [3.05, 3.63) is 24.3 Å². The topological polar surface area (TPSA) is 61.6 Å². The van der Waals surface area contributed by atoms with Crippen LogP contribution in [0, 0.1) is 0 Å². The summed E-state index contributed by atoms with van der Waals surface area (Å²) < 4.78 is 0. The largest absolute Gasteiger partial charge is 0.411 e. The Bertz CT molecular complexity index is 325. The third kappa shape index (κ3) is 2.05. The summed E-state index contributed by atoms with van der Waals surface area (Å²) in [6.07, 6.45) is 5.95. The summed E-state index contributed by atoms with van der Waals surface area (Å²) in [6.45, 7) is 2.43. The van der Waals surface area contributed by atoms with Crippen molar-refractivity contribution in [3.8, 4) is 0 Å². The second kappa shape index (κ2) is 4.15. The Morgan fingerprint density at radius 3 is 3.07 bits per heavy atom. The van der Waals surface area contributed by atoms with Crippen molar-refractivity contribution in [1.29, 1.82) is 0 Å². The van der Waals surface area contributed by atoms with E-state index in [4.69, 9.17) is 5.21 Å². The van der Waals surface area contributed by atoms with E-state index in [2.05, 4.69) is 20.0 Å². The first-order chi connectivity index (χ1) is 6.88. The van der Waals surface area contributed by atoms with Crippen molar-refractivity contribution >= 4 is 5.71 Å². The Labute approximate surface area is 82.1 Å². The second-order valence-corrected chi connectivity index (χ2v) is 3.32. The normalized spacial score (nSPS) is 20.4. The summed E-state index contributed by atoms with van der Waals surface area (Å²) in [5.41, 5.74) is 1.79. The number of hydrogen-bond donors (Lipinski definition) is 1. The van der Waals surface area contributed by atoms with Gasteiger partial charge in [-0.3, -0.25) is 14.9 Å². The van der Waals surface area contributed by atoms with Crippen molar-refractivity contribution in [3.63, 3.8) is 0 Å². The van der Waals surface area contributed by atoms with Gasteiger partial charge in [0.1, 0.15) is 0 Å². The minimum atomic E-state index is 0.729. The zero-order chi connectivity index (χ0) is 9.80. The van der Waals surface area contributed by atoms with E-state index in [0.29, 0.717) is 0 Å². The maximum atomic E-state index is 8.58. The standard InChI is InChI=1S/C9H12N4O/c14-12-8-1-4-13(6-8)7-9-5-10-2-3-11-9/h2-3,5,14H,1,4,6-7H2/b12-8-. The van der Waals surface area contributed by atoms with E-state index in [1.807, 2.05) is 0 Å². The molecule has 2 heterocycles. The SMILES string of the molecule is O/N=C1/CCN(Cc2cnccn2)C1. The molecule has 1 aliphatic rings. The lowest BCUT2D eigenvalue weighted by Gasteiger charge is -2.12. The van der Waals surface area contributed by atoms with Gasteiger partial charge in [0.25, 0.3) is 0 Å². The van der Waals surface area contributed by atoms with Gasteiger partial charge in [-0.1, -0.05) is 5.16 Å². The Hall–Kier alpha value is -1.49. The molecule has 0 aromatic carbocycles. The molecule has 74 valence electrons. The molecule has 1 N–H and O–H groups in total. The molecule has 1 aromatic heterocycles. The lowest BCUT2D eigenvalue weighted by atomic mass is 10.3.